The zero-order valence-electron chi connectivity index (χ0n) is 11.3. The van der Waals surface area contributed by atoms with Crippen molar-refractivity contribution in [3.05, 3.63) is 41.2 Å². The van der Waals surface area contributed by atoms with Crippen molar-refractivity contribution in [3.8, 4) is 0 Å². The van der Waals surface area contributed by atoms with Gasteiger partial charge in [-0.25, -0.2) is 4.98 Å². The Morgan fingerprint density at radius 1 is 1.65 bits per heavy atom. The Labute approximate surface area is 122 Å². The number of hydrogen-bond donors (Lipinski definition) is 2. The first-order valence-corrected chi connectivity index (χ1v) is 7.24. The summed E-state index contributed by atoms with van der Waals surface area (Å²) in [7, 11) is 0. The highest BCUT2D eigenvalue weighted by Gasteiger charge is 2.28. The Morgan fingerprint density at radius 3 is 3.05 bits per heavy atom. The molecule has 2 heterocycles. The van der Waals surface area contributed by atoms with Gasteiger partial charge in [-0.1, -0.05) is 18.5 Å². The highest BCUT2D eigenvalue weighted by atomic mass is 35.5. The molecule has 6 heteroatoms. The monoisotopic (exact) mass is 292 g/mol. The maximum absolute atomic E-state index is 12.4. The molecule has 1 unspecified atom stereocenters. The Hall–Kier alpha value is -1.75. The minimum atomic E-state index is -0.112. The molecule has 0 bridgehead atoms. The molecule has 1 aliphatic carbocycles. The highest BCUT2D eigenvalue weighted by molar-refractivity contribution is 6.31. The van der Waals surface area contributed by atoms with Crippen molar-refractivity contribution in [1.29, 1.82) is 0 Å². The first-order valence-electron chi connectivity index (χ1n) is 6.86. The van der Waals surface area contributed by atoms with E-state index in [2.05, 4.69) is 15.3 Å². The number of aromatic nitrogens is 3. The molecule has 0 aromatic carbocycles. The van der Waals surface area contributed by atoms with E-state index in [1.165, 1.54) is 0 Å². The molecule has 5 nitrogen and oxygen atoms in total. The van der Waals surface area contributed by atoms with Gasteiger partial charge in [0.1, 0.15) is 11.5 Å². The standard InChI is InChI=1S/C14H17ClN4O/c1-2-11(13-16-5-6-17-13)18-14(20)12-7-9(15)8-19(12)10-3-4-10/h5-8,10-11H,2-4H2,1H3,(H,16,17)(H,18,20). The fourth-order valence-electron chi connectivity index (χ4n) is 2.35. The molecule has 2 aromatic heterocycles. The maximum Gasteiger partial charge on any atom is 0.268 e. The number of aromatic amines is 1. The van der Waals surface area contributed by atoms with Crippen molar-refractivity contribution in [1.82, 2.24) is 19.9 Å². The van der Waals surface area contributed by atoms with Crippen LogP contribution in [-0.4, -0.2) is 20.4 Å². The topological polar surface area (TPSA) is 62.7 Å². The quantitative estimate of drug-likeness (QED) is 0.889. The van der Waals surface area contributed by atoms with E-state index >= 15 is 0 Å². The van der Waals surface area contributed by atoms with Gasteiger partial charge < -0.3 is 14.9 Å². The molecule has 20 heavy (non-hydrogen) atoms. The van der Waals surface area contributed by atoms with Gasteiger partial charge in [0.05, 0.1) is 11.1 Å². The van der Waals surface area contributed by atoms with Gasteiger partial charge in [-0.15, -0.1) is 0 Å². The van der Waals surface area contributed by atoms with Crippen LogP contribution >= 0.6 is 11.6 Å². The minimum Gasteiger partial charge on any atom is -0.347 e. The second kappa shape index (κ2) is 5.32. The summed E-state index contributed by atoms with van der Waals surface area (Å²) in [5, 5.41) is 3.61. The number of hydrogen-bond acceptors (Lipinski definition) is 2. The van der Waals surface area contributed by atoms with Crippen LogP contribution in [0.5, 0.6) is 0 Å². The Bertz CT molecular complexity index is 601. The van der Waals surface area contributed by atoms with Crippen molar-refractivity contribution < 1.29 is 4.79 Å². The predicted molar refractivity (Wildman–Crippen MR) is 76.8 cm³/mol. The van der Waals surface area contributed by atoms with Crippen molar-refractivity contribution in [2.24, 2.45) is 0 Å². The summed E-state index contributed by atoms with van der Waals surface area (Å²) in [4.78, 5) is 19.7. The molecule has 0 spiro atoms. The lowest BCUT2D eigenvalue weighted by Gasteiger charge is -2.15. The largest absolute Gasteiger partial charge is 0.347 e. The van der Waals surface area contributed by atoms with Gasteiger partial charge in [0, 0.05) is 24.6 Å². The molecule has 1 saturated carbocycles. The van der Waals surface area contributed by atoms with Gasteiger partial charge in [-0.05, 0) is 25.3 Å². The Kier molecular flexibility index (Phi) is 3.53. The third-order valence-corrected chi connectivity index (χ3v) is 3.76. The van der Waals surface area contributed by atoms with Crippen molar-refractivity contribution in [2.75, 3.05) is 0 Å². The molecule has 106 valence electrons. The number of rotatable bonds is 5. The van der Waals surface area contributed by atoms with Gasteiger partial charge in [0.25, 0.3) is 5.91 Å². The lowest BCUT2D eigenvalue weighted by Crippen LogP contribution is -2.30. The number of carbonyl (C=O) groups excluding carboxylic acids is 1. The van der Waals surface area contributed by atoms with E-state index in [1.807, 2.05) is 17.7 Å². The van der Waals surface area contributed by atoms with E-state index < -0.39 is 0 Å². The van der Waals surface area contributed by atoms with Crippen LogP contribution in [0, 0.1) is 0 Å². The van der Waals surface area contributed by atoms with Crippen LogP contribution in [0.4, 0.5) is 0 Å². The molecule has 1 atom stereocenters. The summed E-state index contributed by atoms with van der Waals surface area (Å²) in [6.45, 7) is 2.01. The average molecular weight is 293 g/mol. The van der Waals surface area contributed by atoms with E-state index in [9.17, 15) is 4.79 Å². The summed E-state index contributed by atoms with van der Waals surface area (Å²) < 4.78 is 1.98. The third-order valence-electron chi connectivity index (χ3n) is 3.55. The number of nitrogens with zero attached hydrogens (tertiary/aromatic N) is 2. The summed E-state index contributed by atoms with van der Waals surface area (Å²) in [6.07, 6.45) is 8.28. The molecule has 0 radical (unpaired) electrons. The highest BCUT2D eigenvalue weighted by Crippen LogP contribution is 2.37. The van der Waals surface area contributed by atoms with Gasteiger partial charge in [-0.3, -0.25) is 4.79 Å². The van der Waals surface area contributed by atoms with Crippen LogP contribution in [0.25, 0.3) is 0 Å². The molecule has 0 aliphatic heterocycles. The van der Waals surface area contributed by atoms with Gasteiger partial charge >= 0.3 is 0 Å². The lowest BCUT2D eigenvalue weighted by molar-refractivity contribution is 0.0924. The summed E-state index contributed by atoms with van der Waals surface area (Å²) in [6, 6.07) is 2.04. The molecule has 0 saturated heterocycles. The van der Waals surface area contributed by atoms with Crippen molar-refractivity contribution in [3.63, 3.8) is 0 Å². The molecule has 1 aliphatic rings. The average Bonchev–Trinajstić information content (AvgIpc) is 2.99. The molecule has 3 rings (SSSR count). The molecular weight excluding hydrogens is 276 g/mol. The van der Waals surface area contributed by atoms with Crippen LogP contribution in [0.1, 0.15) is 54.6 Å². The second-order valence-corrected chi connectivity index (χ2v) is 5.53. The van der Waals surface area contributed by atoms with E-state index in [1.54, 1.807) is 18.5 Å². The fraction of sp³-hybridized carbons (Fsp3) is 0.429. The third kappa shape index (κ3) is 2.58. The zero-order valence-corrected chi connectivity index (χ0v) is 12.0. The smallest absolute Gasteiger partial charge is 0.268 e. The van der Waals surface area contributed by atoms with E-state index in [0.717, 1.165) is 25.1 Å². The SMILES string of the molecule is CCC(NC(=O)c1cc(Cl)cn1C1CC1)c1ncc[nH]1. The number of nitrogens with one attached hydrogen (secondary N) is 2. The number of halogens is 1. The fourth-order valence-corrected chi connectivity index (χ4v) is 2.55. The van der Waals surface area contributed by atoms with Crippen LogP contribution in [0.2, 0.25) is 5.02 Å². The minimum absolute atomic E-state index is 0.105. The van der Waals surface area contributed by atoms with Gasteiger partial charge in [-0.2, -0.15) is 0 Å². The van der Waals surface area contributed by atoms with Crippen molar-refractivity contribution >= 4 is 17.5 Å². The van der Waals surface area contributed by atoms with Crippen LogP contribution in [0.15, 0.2) is 24.7 Å². The number of carbonyl (C=O) groups is 1. The number of H-pyrrole nitrogens is 1. The normalized spacial score (nSPS) is 16.1. The molecular formula is C14H17ClN4O. The molecule has 2 aromatic rings. The Balaban J connectivity index is 1.78. The predicted octanol–water partition coefficient (Wildman–Crippen LogP) is 3.08. The van der Waals surface area contributed by atoms with Gasteiger partial charge in [0.2, 0.25) is 0 Å². The first kappa shape index (κ1) is 13.2. The summed E-state index contributed by atoms with van der Waals surface area (Å²) in [5.74, 6) is 0.670. The second-order valence-electron chi connectivity index (χ2n) is 5.09. The van der Waals surface area contributed by atoms with E-state index in [4.69, 9.17) is 11.6 Å². The lowest BCUT2D eigenvalue weighted by atomic mass is 10.2. The summed E-state index contributed by atoms with van der Waals surface area (Å²) in [5.41, 5.74) is 0.627. The van der Waals surface area contributed by atoms with E-state index in [0.29, 0.717) is 16.8 Å². The zero-order chi connectivity index (χ0) is 14.1. The molecule has 2 N–H and O–H groups in total. The Morgan fingerprint density at radius 2 is 2.45 bits per heavy atom. The van der Waals surface area contributed by atoms with Crippen LogP contribution < -0.4 is 5.32 Å². The van der Waals surface area contributed by atoms with Crippen molar-refractivity contribution in [2.45, 2.75) is 38.3 Å². The van der Waals surface area contributed by atoms with E-state index in [-0.39, 0.29) is 11.9 Å². The summed E-state index contributed by atoms with van der Waals surface area (Å²) >= 11 is 6.03. The first-order chi connectivity index (χ1) is 9.69. The van der Waals surface area contributed by atoms with Crippen LogP contribution in [0.3, 0.4) is 0 Å². The number of imidazole rings is 1. The van der Waals surface area contributed by atoms with Gasteiger partial charge in [0.15, 0.2) is 0 Å². The number of amides is 1. The molecule has 1 amide bonds. The molecule has 1 fully saturated rings. The van der Waals surface area contributed by atoms with Crippen LogP contribution in [-0.2, 0) is 0 Å². The maximum atomic E-state index is 12.4.